The largest absolute Gasteiger partial charge is 0.470 e. The minimum Gasteiger partial charge on any atom is -0.470 e. The van der Waals surface area contributed by atoms with E-state index in [0.717, 1.165) is 54.4 Å². The maximum absolute atomic E-state index is 13.1. The number of ether oxygens (including phenoxy) is 3. The van der Waals surface area contributed by atoms with E-state index in [2.05, 4.69) is 53.7 Å². The van der Waals surface area contributed by atoms with Crippen LogP contribution in [0, 0.1) is 0 Å². The normalized spacial score (nSPS) is 17.2. The number of carbonyl (C=O) groups is 4. The van der Waals surface area contributed by atoms with Crippen LogP contribution in [0.4, 0.5) is 11.5 Å². The first-order valence-corrected chi connectivity index (χ1v) is 20.3. The molecule has 4 heterocycles. The van der Waals surface area contributed by atoms with Crippen molar-refractivity contribution < 1.29 is 33.4 Å². The van der Waals surface area contributed by atoms with E-state index in [1.807, 2.05) is 40.7 Å². The number of dihydropyridines is 1. The molecule has 5 rings (SSSR count). The number of nitrogens with zero attached hydrogens (tertiary/aromatic N) is 4. The Bertz CT molecular complexity index is 1920. The van der Waals surface area contributed by atoms with Crippen LogP contribution in [0.2, 0.25) is 0 Å². The molecule has 308 valence electrons. The highest BCUT2D eigenvalue weighted by Crippen LogP contribution is 2.35. The Labute approximate surface area is 339 Å². The summed E-state index contributed by atoms with van der Waals surface area (Å²) in [5, 5.41) is 12.6. The van der Waals surface area contributed by atoms with Crippen molar-refractivity contribution in [3.05, 3.63) is 70.1 Å². The Balaban J connectivity index is 1.19. The lowest BCUT2D eigenvalue weighted by Crippen LogP contribution is -2.44. The van der Waals surface area contributed by atoms with Gasteiger partial charge in [0.25, 0.3) is 11.8 Å². The average molecular weight is 805 g/mol. The van der Waals surface area contributed by atoms with Gasteiger partial charge in [-0.15, -0.1) is 4.37 Å². The van der Waals surface area contributed by atoms with E-state index in [9.17, 15) is 19.2 Å². The first kappa shape index (κ1) is 43.2. The predicted octanol–water partition coefficient (Wildman–Crippen LogP) is 3.76. The topological polar surface area (TPSA) is 176 Å². The molecular weight excluding hydrogens is 749 g/mol. The number of rotatable bonds is 18. The van der Waals surface area contributed by atoms with Crippen LogP contribution in [-0.4, -0.2) is 114 Å². The zero-order valence-electron chi connectivity index (χ0n) is 34.1. The molecule has 1 saturated heterocycles. The van der Waals surface area contributed by atoms with Gasteiger partial charge < -0.3 is 45.3 Å². The van der Waals surface area contributed by atoms with Gasteiger partial charge in [-0.3, -0.25) is 14.4 Å². The second-order valence-corrected chi connectivity index (χ2v) is 15.8. The van der Waals surface area contributed by atoms with Crippen LogP contribution in [0.3, 0.4) is 0 Å². The molecule has 3 aliphatic heterocycles. The lowest BCUT2D eigenvalue weighted by molar-refractivity contribution is -0.144. The Morgan fingerprint density at radius 3 is 2.56 bits per heavy atom. The number of hydrogen-bond acceptors (Lipinski definition) is 14. The molecule has 1 aromatic carbocycles. The van der Waals surface area contributed by atoms with Crippen LogP contribution in [0.15, 0.2) is 59.0 Å². The molecule has 3 aliphatic rings. The number of hydrogen-bond donors (Lipinski definition) is 4. The fraction of sp³-hybridized carbons (Fsp3) is 0.512. The molecule has 15 nitrogen and oxygen atoms in total. The highest BCUT2D eigenvalue weighted by molar-refractivity contribution is 6.99. The molecular formula is C41H56N8O7S. The van der Waals surface area contributed by atoms with Gasteiger partial charge in [-0.1, -0.05) is 19.9 Å². The minimum atomic E-state index is -0.681. The third-order valence-corrected chi connectivity index (χ3v) is 10.3. The molecule has 0 bridgehead atoms. The number of aromatic nitrogens is 2. The van der Waals surface area contributed by atoms with E-state index in [1.165, 1.54) is 6.08 Å². The van der Waals surface area contributed by atoms with Crippen molar-refractivity contribution in [3.8, 4) is 5.88 Å². The van der Waals surface area contributed by atoms with Crippen LogP contribution in [0.1, 0.15) is 66.0 Å². The standard InChI is InChI=1S/C41H56N8O7S/c1-8-48(9-2)15-14-42-38(52)31-20-26(3)35(44-27(31)4)23-33-32-22-28(10-12-34(32)45-39(33)53)21-29(50)11-13-36(51)56-30(24-43-41(5,6)7)25-55-40-37(46-57-47-40)49-16-18-54-19-17-49/h10-13,22-23,30,43-44H,8-9,14-21,24-25H2,1-7H3,(H,42,52)(H,45,53)/b13-11+,33-23-/t30-/m0/s1. The molecule has 57 heavy (non-hydrogen) atoms. The molecule has 1 fully saturated rings. The monoisotopic (exact) mass is 804 g/mol. The van der Waals surface area contributed by atoms with Crippen LogP contribution < -0.4 is 30.9 Å². The Morgan fingerprint density at radius 1 is 1.09 bits per heavy atom. The van der Waals surface area contributed by atoms with Crippen LogP contribution in [0.25, 0.3) is 5.57 Å². The van der Waals surface area contributed by atoms with Gasteiger partial charge in [0.15, 0.2) is 5.78 Å². The van der Waals surface area contributed by atoms with Gasteiger partial charge >= 0.3 is 5.97 Å². The molecule has 0 aliphatic carbocycles. The number of anilines is 2. The first-order valence-electron chi connectivity index (χ1n) is 19.5. The predicted molar refractivity (Wildman–Crippen MR) is 221 cm³/mol. The van der Waals surface area contributed by atoms with Gasteiger partial charge in [0.1, 0.15) is 12.7 Å². The molecule has 2 aromatic rings. The van der Waals surface area contributed by atoms with Crippen molar-refractivity contribution in [2.24, 2.45) is 0 Å². The summed E-state index contributed by atoms with van der Waals surface area (Å²) in [6.07, 6.45) is 3.90. The van der Waals surface area contributed by atoms with Crippen molar-refractivity contribution in [3.63, 3.8) is 0 Å². The first-order chi connectivity index (χ1) is 27.2. The van der Waals surface area contributed by atoms with E-state index in [4.69, 9.17) is 14.2 Å². The minimum absolute atomic E-state index is 0.00631. The Morgan fingerprint density at radius 2 is 1.84 bits per heavy atom. The second-order valence-electron chi connectivity index (χ2n) is 15.2. The summed E-state index contributed by atoms with van der Waals surface area (Å²) in [5.41, 5.74) is 5.25. The number of likely N-dealkylation sites (N-methyl/N-ethyl adjacent to an activating group) is 1. The number of morpholine rings is 1. The summed E-state index contributed by atoms with van der Waals surface area (Å²) in [6, 6.07) is 5.35. The maximum Gasteiger partial charge on any atom is 0.331 e. The summed E-state index contributed by atoms with van der Waals surface area (Å²) in [4.78, 5) is 56.5. The quantitative estimate of drug-likeness (QED) is 0.127. The highest BCUT2D eigenvalue weighted by atomic mass is 32.1. The second kappa shape index (κ2) is 20.0. The molecule has 0 spiro atoms. The van der Waals surface area contributed by atoms with E-state index in [-0.39, 0.29) is 36.2 Å². The molecule has 1 aromatic heterocycles. The summed E-state index contributed by atoms with van der Waals surface area (Å²) in [5.74, 6) is -0.345. The van der Waals surface area contributed by atoms with Gasteiger partial charge in [-0.05, 0) is 83.1 Å². The number of benzene rings is 1. The smallest absolute Gasteiger partial charge is 0.331 e. The van der Waals surface area contributed by atoms with Crippen LogP contribution in [0.5, 0.6) is 5.88 Å². The number of carbonyl (C=O) groups excluding carboxylic acids is 4. The van der Waals surface area contributed by atoms with Gasteiger partial charge in [-0.2, -0.15) is 4.37 Å². The maximum atomic E-state index is 13.1. The van der Waals surface area contributed by atoms with Gasteiger partial charge in [0.05, 0.1) is 30.5 Å². The zero-order chi connectivity index (χ0) is 41.1. The lowest BCUT2D eigenvalue weighted by atomic mass is 9.95. The van der Waals surface area contributed by atoms with Crippen LogP contribution >= 0.6 is 11.7 Å². The number of allylic oxidation sites excluding steroid dienone is 4. The van der Waals surface area contributed by atoms with Crippen molar-refractivity contribution in [1.29, 1.82) is 0 Å². The van der Waals surface area contributed by atoms with Crippen molar-refractivity contribution in [1.82, 2.24) is 29.6 Å². The lowest BCUT2D eigenvalue weighted by Gasteiger charge is -2.27. The van der Waals surface area contributed by atoms with Crippen molar-refractivity contribution in [2.75, 3.05) is 75.9 Å². The third-order valence-electron chi connectivity index (χ3n) is 9.80. The summed E-state index contributed by atoms with van der Waals surface area (Å²) >= 11 is 1.05. The molecule has 2 amide bonds. The molecule has 0 saturated carbocycles. The Kier molecular flexibility index (Phi) is 15.2. The van der Waals surface area contributed by atoms with E-state index >= 15 is 0 Å². The number of amides is 2. The summed E-state index contributed by atoms with van der Waals surface area (Å²) in [7, 11) is 0. The SMILES string of the molecule is CCN(CC)CCNC(=O)C1=C(C)NC(/C=C2\C(=O)Nc3ccc(CC(=O)/C=C/C(=O)O[C@@H](CNC(C)(C)C)COc4nsnc4N4CCOCC4)cc32)=C(C)C1. The van der Waals surface area contributed by atoms with E-state index < -0.39 is 12.1 Å². The summed E-state index contributed by atoms with van der Waals surface area (Å²) in [6.45, 7) is 20.1. The molecule has 0 unspecified atom stereocenters. The van der Waals surface area contributed by atoms with Gasteiger partial charge in [0, 0.05) is 85.4 Å². The fourth-order valence-electron chi connectivity index (χ4n) is 6.48. The molecule has 1 atom stereocenters. The number of nitrogens with one attached hydrogen (secondary N) is 4. The van der Waals surface area contributed by atoms with Crippen LogP contribution in [-0.2, 0) is 35.1 Å². The highest BCUT2D eigenvalue weighted by Gasteiger charge is 2.28. The van der Waals surface area contributed by atoms with Gasteiger partial charge in [-0.25, -0.2) is 4.79 Å². The summed E-state index contributed by atoms with van der Waals surface area (Å²) < 4.78 is 25.9. The fourth-order valence-corrected chi connectivity index (χ4v) is 7.00. The number of ketones is 1. The zero-order valence-corrected chi connectivity index (χ0v) is 34.9. The number of esters is 1. The van der Waals surface area contributed by atoms with Crippen molar-refractivity contribution >= 4 is 52.4 Å². The van der Waals surface area contributed by atoms with Gasteiger partial charge in [0.2, 0.25) is 11.7 Å². The molecule has 0 radical (unpaired) electrons. The number of fused-ring (bicyclic) bond motifs is 1. The van der Waals surface area contributed by atoms with E-state index in [1.54, 1.807) is 18.2 Å². The molecule has 4 N–H and O–H groups in total. The van der Waals surface area contributed by atoms with Crippen molar-refractivity contribution in [2.45, 2.75) is 73.0 Å². The van der Waals surface area contributed by atoms with E-state index in [0.29, 0.717) is 85.5 Å². The molecule has 16 heteroatoms. The third kappa shape index (κ3) is 12.3. The average Bonchev–Trinajstić information content (AvgIpc) is 3.78. The Hall–Kier alpha value is -4.90.